The number of nitrogens with zero attached hydrogens (tertiary/aromatic N) is 1. The Hall–Kier alpha value is -1.93. The third kappa shape index (κ3) is 4.58. The van der Waals surface area contributed by atoms with E-state index in [9.17, 15) is 13.2 Å². The van der Waals surface area contributed by atoms with Crippen molar-refractivity contribution in [2.45, 2.75) is 38.4 Å². The molecule has 3 rings (SSSR count). The Bertz CT molecular complexity index is 880. The second-order valence-electron chi connectivity index (χ2n) is 6.33. The van der Waals surface area contributed by atoms with Gasteiger partial charge in [0, 0.05) is 16.8 Å². The molecular weight excluding hydrogens is 358 g/mol. The molecule has 0 saturated carbocycles. The van der Waals surface area contributed by atoms with Crippen LogP contribution in [0.15, 0.2) is 18.2 Å². The largest absolute Gasteiger partial charge is 0.325 e. The van der Waals surface area contributed by atoms with Crippen molar-refractivity contribution in [2.75, 3.05) is 16.9 Å². The van der Waals surface area contributed by atoms with Gasteiger partial charge in [-0.2, -0.15) is 0 Å². The highest BCUT2D eigenvalue weighted by molar-refractivity contribution is 7.89. The van der Waals surface area contributed by atoms with Crippen molar-refractivity contribution in [1.29, 1.82) is 0 Å². The van der Waals surface area contributed by atoms with E-state index in [0.717, 1.165) is 30.5 Å². The van der Waals surface area contributed by atoms with Gasteiger partial charge in [0.05, 0.1) is 11.4 Å². The summed E-state index contributed by atoms with van der Waals surface area (Å²) >= 11 is 1.53. The van der Waals surface area contributed by atoms with Crippen LogP contribution in [0.4, 0.5) is 15.6 Å². The lowest BCUT2D eigenvalue weighted by Gasteiger charge is -2.12. The number of nitrogens with one attached hydrogen (secondary N) is 2. The zero-order valence-electron chi connectivity index (χ0n) is 14.3. The average molecular weight is 380 g/mol. The number of urea groups is 1. The quantitative estimate of drug-likeness (QED) is 0.851. The predicted molar refractivity (Wildman–Crippen MR) is 101 cm³/mol. The highest BCUT2D eigenvalue weighted by Crippen LogP contribution is 2.29. The van der Waals surface area contributed by atoms with Gasteiger partial charge in [0.1, 0.15) is 0 Å². The number of carbonyl (C=O) groups is 1. The first-order valence-corrected chi connectivity index (χ1v) is 11.0. The van der Waals surface area contributed by atoms with E-state index >= 15 is 0 Å². The number of carbonyl (C=O) groups excluding carboxylic acids is 1. The predicted octanol–water partition coefficient (Wildman–Crippen LogP) is 3.52. The van der Waals surface area contributed by atoms with Crippen LogP contribution >= 0.6 is 11.3 Å². The molecule has 0 saturated heterocycles. The molecule has 6 nitrogen and oxygen atoms in total. The van der Waals surface area contributed by atoms with Crippen LogP contribution in [0, 0.1) is 6.92 Å². The number of fused-ring (bicyclic) bond motifs is 1. The van der Waals surface area contributed by atoms with E-state index in [1.165, 1.54) is 28.9 Å². The number of benzene rings is 1. The van der Waals surface area contributed by atoms with Crippen LogP contribution in [0.1, 0.15) is 34.5 Å². The maximum absolute atomic E-state index is 12.3. The molecule has 0 radical (unpaired) electrons. The number of thiazole rings is 1. The molecule has 25 heavy (non-hydrogen) atoms. The second-order valence-corrected chi connectivity index (χ2v) is 9.56. The lowest BCUT2D eigenvalue weighted by molar-refractivity contribution is 0.262. The van der Waals surface area contributed by atoms with Gasteiger partial charge < -0.3 is 5.32 Å². The molecule has 0 atom stereocenters. The van der Waals surface area contributed by atoms with Crippen molar-refractivity contribution in [1.82, 2.24) is 4.98 Å². The summed E-state index contributed by atoms with van der Waals surface area (Å²) in [6, 6.07) is 4.89. The minimum absolute atomic E-state index is 0.0465. The van der Waals surface area contributed by atoms with Crippen molar-refractivity contribution in [3.05, 3.63) is 39.9 Å². The summed E-state index contributed by atoms with van der Waals surface area (Å²) in [5.41, 5.74) is 3.13. The van der Waals surface area contributed by atoms with Crippen molar-refractivity contribution in [3.63, 3.8) is 0 Å². The number of hydrogen-bond acceptors (Lipinski definition) is 5. The Balaban J connectivity index is 1.70. The first kappa shape index (κ1) is 17.9. The van der Waals surface area contributed by atoms with Gasteiger partial charge in [-0.15, -0.1) is 11.3 Å². The normalized spacial score (nSPS) is 14.0. The Morgan fingerprint density at radius 2 is 2.00 bits per heavy atom. The molecule has 0 unspecified atom stereocenters. The number of sulfone groups is 1. The average Bonchev–Trinajstić information content (AvgIpc) is 2.92. The highest BCUT2D eigenvalue weighted by Gasteiger charge is 2.17. The summed E-state index contributed by atoms with van der Waals surface area (Å²) in [5, 5.41) is 6.17. The Morgan fingerprint density at radius 3 is 2.72 bits per heavy atom. The highest BCUT2D eigenvalue weighted by atomic mass is 32.2. The summed E-state index contributed by atoms with van der Waals surface area (Å²) in [6.07, 6.45) is 5.52. The molecule has 1 aliphatic rings. The third-order valence-corrected chi connectivity index (χ3v) is 6.09. The summed E-state index contributed by atoms with van der Waals surface area (Å²) in [4.78, 5) is 18.0. The van der Waals surface area contributed by atoms with Gasteiger partial charge in [-0.3, -0.25) is 5.32 Å². The molecule has 0 fully saturated rings. The molecule has 1 aromatic carbocycles. The van der Waals surface area contributed by atoms with E-state index in [1.54, 1.807) is 25.1 Å². The minimum Gasteiger partial charge on any atom is -0.307 e. The Labute approximate surface area is 151 Å². The van der Waals surface area contributed by atoms with Crippen LogP contribution in [0.3, 0.4) is 0 Å². The first-order chi connectivity index (χ1) is 11.8. The molecule has 8 heteroatoms. The van der Waals surface area contributed by atoms with E-state index < -0.39 is 9.84 Å². The van der Waals surface area contributed by atoms with Crippen molar-refractivity contribution >= 4 is 38.0 Å². The fraction of sp³-hybridized carbons (Fsp3) is 0.412. The smallest absolute Gasteiger partial charge is 0.307 e. The third-order valence-electron chi connectivity index (χ3n) is 4.18. The molecule has 2 aromatic rings. The van der Waals surface area contributed by atoms with Crippen LogP contribution in [-0.4, -0.2) is 25.7 Å². The Kier molecular flexibility index (Phi) is 5.10. The molecule has 1 aliphatic carbocycles. The summed E-state index contributed by atoms with van der Waals surface area (Å²) < 4.78 is 23.0. The maximum Gasteiger partial charge on any atom is 0.325 e. The number of amides is 2. The lowest BCUT2D eigenvalue weighted by Crippen LogP contribution is -2.20. The van der Waals surface area contributed by atoms with E-state index in [0.29, 0.717) is 16.4 Å². The summed E-state index contributed by atoms with van der Waals surface area (Å²) in [6.45, 7) is 1.80. The lowest BCUT2D eigenvalue weighted by atomic mass is 10.0. The van der Waals surface area contributed by atoms with Crippen molar-refractivity contribution < 1.29 is 13.2 Å². The molecule has 1 aromatic heterocycles. The molecule has 134 valence electrons. The van der Waals surface area contributed by atoms with E-state index in [-0.39, 0.29) is 11.8 Å². The second kappa shape index (κ2) is 7.13. The van der Waals surface area contributed by atoms with Crippen LogP contribution < -0.4 is 10.6 Å². The van der Waals surface area contributed by atoms with Crippen LogP contribution in [0.5, 0.6) is 0 Å². The van der Waals surface area contributed by atoms with E-state index in [1.807, 2.05) is 0 Å². The van der Waals surface area contributed by atoms with Crippen molar-refractivity contribution in [3.8, 4) is 0 Å². The minimum atomic E-state index is -3.13. The zero-order valence-corrected chi connectivity index (χ0v) is 15.9. The topological polar surface area (TPSA) is 88.2 Å². The fourth-order valence-corrected chi connectivity index (χ4v) is 4.84. The molecule has 0 bridgehead atoms. The van der Waals surface area contributed by atoms with Gasteiger partial charge in [0.15, 0.2) is 15.0 Å². The summed E-state index contributed by atoms with van der Waals surface area (Å²) in [7, 11) is -3.13. The molecular formula is C17H21N3O3S2. The molecule has 1 heterocycles. The van der Waals surface area contributed by atoms with Gasteiger partial charge in [-0.1, -0.05) is 12.1 Å². The number of anilines is 2. The van der Waals surface area contributed by atoms with E-state index in [4.69, 9.17) is 0 Å². The van der Waals surface area contributed by atoms with E-state index in [2.05, 4.69) is 15.6 Å². The van der Waals surface area contributed by atoms with Crippen LogP contribution in [-0.2, 0) is 28.4 Å². The standard InChI is InChI=1S/C17H21N3O3S2/c1-11-12(10-25(2,22)23)6-5-8-13(11)18-16(21)20-17-19-14-7-3-4-9-15(14)24-17/h5-6,8H,3-4,7,9-10H2,1-2H3,(H2,18,19,20,21). The fourth-order valence-electron chi connectivity index (χ4n) is 2.91. The van der Waals surface area contributed by atoms with Gasteiger partial charge in [-0.05, 0) is 49.8 Å². The monoisotopic (exact) mass is 379 g/mol. The molecule has 0 aliphatic heterocycles. The molecule has 2 N–H and O–H groups in total. The number of rotatable bonds is 4. The number of aromatic nitrogens is 1. The van der Waals surface area contributed by atoms with Gasteiger partial charge in [-0.25, -0.2) is 18.2 Å². The maximum atomic E-state index is 12.3. The van der Waals surface area contributed by atoms with Crippen LogP contribution in [0.25, 0.3) is 0 Å². The van der Waals surface area contributed by atoms with Crippen LogP contribution in [0.2, 0.25) is 0 Å². The Morgan fingerprint density at radius 1 is 1.24 bits per heavy atom. The number of aryl methyl sites for hydroxylation is 2. The SMILES string of the molecule is Cc1c(CS(C)(=O)=O)cccc1NC(=O)Nc1nc2c(s1)CCCC2. The van der Waals surface area contributed by atoms with Gasteiger partial charge >= 0.3 is 6.03 Å². The number of hydrogen-bond donors (Lipinski definition) is 2. The van der Waals surface area contributed by atoms with Gasteiger partial charge in [0.2, 0.25) is 0 Å². The summed E-state index contributed by atoms with van der Waals surface area (Å²) in [5.74, 6) is -0.0465. The van der Waals surface area contributed by atoms with Gasteiger partial charge in [0.25, 0.3) is 0 Å². The molecule has 2 amide bonds. The zero-order chi connectivity index (χ0) is 18.0. The first-order valence-electron chi connectivity index (χ1n) is 8.14. The molecule has 0 spiro atoms. The van der Waals surface area contributed by atoms with Crippen molar-refractivity contribution in [2.24, 2.45) is 0 Å².